The Bertz CT molecular complexity index is 796. The molecule has 1 aliphatic heterocycles. The lowest BCUT2D eigenvalue weighted by atomic mass is 10.1. The summed E-state index contributed by atoms with van der Waals surface area (Å²) in [7, 11) is 0. The number of hydrogen-bond donors (Lipinski definition) is 1. The van der Waals surface area contributed by atoms with Gasteiger partial charge in [-0.05, 0) is 36.1 Å². The number of carbonyl (C=O) groups excluding carboxylic acids is 2. The van der Waals surface area contributed by atoms with E-state index in [1.807, 2.05) is 47.4 Å². The molecule has 2 aromatic carbocycles. The first-order valence-electron chi connectivity index (χ1n) is 9.52. The van der Waals surface area contributed by atoms with E-state index in [4.69, 9.17) is 4.74 Å². The van der Waals surface area contributed by atoms with E-state index in [-0.39, 0.29) is 30.3 Å². The van der Waals surface area contributed by atoms with Crippen molar-refractivity contribution in [3.63, 3.8) is 0 Å². The lowest BCUT2D eigenvalue weighted by Crippen LogP contribution is -2.41. The van der Waals surface area contributed by atoms with Crippen LogP contribution in [0.3, 0.4) is 0 Å². The van der Waals surface area contributed by atoms with Gasteiger partial charge in [-0.25, -0.2) is 0 Å². The number of benzene rings is 2. The lowest BCUT2D eigenvalue weighted by Gasteiger charge is -2.24. The molecule has 0 unspecified atom stereocenters. The van der Waals surface area contributed by atoms with Crippen LogP contribution in [-0.4, -0.2) is 41.9 Å². The molecule has 1 N–H and O–H groups in total. The second-order valence-electron chi connectivity index (χ2n) is 7.26. The molecule has 1 fully saturated rings. The Morgan fingerprint density at radius 2 is 1.67 bits per heavy atom. The average Bonchev–Trinajstić information content (AvgIpc) is 3.25. The SMILES string of the molecule is O=C(CCOc1ccccc1)N[C@@H]1CC(=O)N(C2Cc3ccccc3C2)C1. The van der Waals surface area contributed by atoms with Crippen LogP contribution in [0.1, 0.15) is 24.0 Å². The van der Waals surface area contributed by atoms with Gasteiger partial charge in [0.2, 0.25) is 11.8 Å². The second-order valence-corrected chi connectivity index (χ2v) is 7.26. The van der Waals surface area contributed by atoms with E-state index in [1.165, 1.54) is 11.1 Å². The van der Waals surface area contributed by atoms with Gasteiger partial charge in [0, 0.05) is 19.0 Å². The zero-order valence-electron chi connectivity index (χ0n) is 15.3. The number of carbonyl (C=O) groups is 2. The Morgan fingerprint density at radius 1 is 1.00 bits per heavy atom. The number of likely N-dealkylation sites (tertiary alicyclic amines) is 1. The standard InChI is InChI=1S/C22H24N2O3/c25-21(10-11-27-20-8-2-1-3-9-20)23-18-14-22(26)24(15-18)19-12-16-6-4-5-7-17(16)13-19/h1-9,18-19H,10-15H2,(H,23,25)/t18-/m1/s1. The first kappa shape index (κ1) is 17.6. The quantitative estimate of drug-likeness (QED) is 0.856. The molecule has 4 rings (SSSR count). The van der Waals surface area contributed by atoms with E-state index in [2.05, 4.69) is 17.4 Å². The zero-order valence-corrected chi connectivity index (χ0v) is 15.3. The summed E-state index contributed by atoms with van der Waals surface area (Å²) in [6, 6.07) is 17.9. The number of nitrogens with one attached hydrogen (secondary N) is 1. The minimum Gasteiger partial charge on any atom is -0.493 e. The summed E-state index contributed by atoms with van der Waals surface area (Å²) in [4.78, 5) is 26.6. The van der Waals surface area contributed by atoms with E-state index in [0.29, 0.717) is 19.6 Å². The Labute approximate surface area is 159 Å². The van der Waals surface area contributed by atoms with E-state index in [9.17, 15) is 9.59 Å². The van der Waals surface area contributed by atoms with Gasteiger partial charge in [-0.2, -0.15) is 0 Å². The van der Waals surface area contributed by atoms with Crippen molar-refractivity contribution in [2.75, 3.05) is 13.2 Å². The van der Waals surface area contributed by atoms with Crippen molar-refractivity contribution in [3.05, 3.63) is 65.7 Å². The van der Waals surface area contributed by atoms with Crippen LogP contribution < -0.4 is 10.1 Å². The normalized spacial score (nSPS) is 19.2. The maximum atomic E-state index is 12.5. The highest BCUT2D eigenvalue weighted by molar-refractivity contribution is 5.82. The smallest absolute Gasteiger partial charge is 0.225 e. The van der Waals surface area contributed by atoms with Crippen LogP contribution in [-0.2, 0) is 22.4 Å². The molecule has 5 nitrogen and oxygen atoms in total. The molecule has 0 radical (unpaired) electrons. The first-order valence-corrected chi connectivity index (χ1v) is 9.52. The molecule has 0 bridgehead atoms. The number of para-hydroxylation sites is 1. The van der Waals surface area contributed by atoms with E-state index in [0.717, 1.165) is 18.6 Å². The van der Waals surface area contributed by atoms with E-state index >= 15 is 0 Å². The van der Waals surface area contributed by atoms with Gasteiger partial charge in [-0.1, -0.05) is 42.5 Å². The molecule has 1 aliphatic carbocycles. The summed E-state index contributed by atoms with van der Waals surface area (Å²) in [6.07, 6.45) is 2.49. The van der Waals surface area contributed by atoms with Crippen molar-refractivity contribution >= 4 is 11.8 Å². The van der Waals surface area contributed by atoms with Crippen LogP contribution in [0.2, 0.25) is 0 Å². The van der Waals surface area contributed by atoms with Gasteiger partial charge in [-0.15, -0.1) is 0 Å². The largest absolute Gasteiger partial charge is 0.493 e. The average molecular weight is 364 g/mol. The number of amides is 2. The van der Waals surface area contributed by atoms with Gasteiger partial charge in [-0.3, -0.25) is 9.59 Å². The van der Waals surface area contributed by atoms with Crippen molar-refractivity contribution in [1.29, 1.82) is 0 Å². The third-order valence-electron chi connectivity index (χ3n) is 5.33. The molecule has 0 spiro atoms. The van der Waals surface area contributed by atoms with Crippen molar-refractivity contribution in [2.24, 2.45) is 0 Å². The van der Waals surface area contributed by atoms with Gasteiger partial charge >= 0.3 is 0 Å². The molecule has 0 aromatic heterocycles. The highest BCUT2D eigenvalue weighted by Gasteiger charge is 2.37. The summed E-state index contributed by atoms with van der Waals surface area (Å²) in [6.45, 7) is 0.931. The molecule has 2 aliphatic rings. The van der Waals surface area contributed by atoms with Crippen LogP contribution in [0.4, 0.5) is 0 Å². The maximum Gasteiger partial charge on any atom is 0.225 e. The lowest BCUT2D eigenvalue weighted by molar-refractivity contribution is -0.129. The Morgan fingerprint density at radius 3 is 2.37 bits per heavy atom. The second kappa shape index (κ2) is 7.82. The van der Waals surface area contributed by atoms with Gasteiger partial charge in [0.25, 0.3) is 0 Å². The molecular weight excluding hydrogens is 340 g/mol. The predicted molar refractivity (Wildman–Crippen MR) is 102 cm³/mol. The minimum absolute atomic E-state index is 0.0692. The van der Waals surface area contributed by atoms with Crippen molar-refractivity contribution in [1.82, 2.24) is 10.2 Å². The van der Waals surface area contributed by atoms with Crippen LogP contribution >= 0.6 is 0 Å². The summed E-state index contributed by atoms with van der Waals surface area (Å²) < 4.78 is 5.56. The third kappa shape index (κ3) is 4.13. The van der Waals surface area contributed by atoms with Crippen LogP contribution in [0.15, 0.2) is 54.6 Å². The summed E-state index contributed by atoms with van der Waals surface area (Å²) in [5, 5.41) is 2.99. The van der Waals surface area contributed by atoms with E-state index < -0.39 is 0 Å². The Kier molecular flexibility index (Phi) is 5.10. The number of nitrogens with zero attached hydrogens (tertiary/aromatic N) is 1. The molecular formula is C22H24N2O3. The topological polar surface area (TPSA) is 58.6 Å². The fourth-order valence-electron chi connectivity index (χ4n) is 4.02. The molecule has 1 atom stereocenters. The Hall–Kier alpha value is -2.82. The molecule has 1 heterocycles. The summed E-state index contributed by atoms with van der Waals surface area (Å²) in [5.74, 6) is 0.826. The van der Waals surface area contributed by atoms with Gasteiger partial charge in [0.1, 0.15) is 5.75 Å². The number of hydrogen-bond acceptors (Lipinski definition) is 3. The number of rotatable bonds is 6. The van der Waals surface area contributed by atoms with Crippen LogP contribution in [0, 0.1) is 0 Å². The first-order chi connectivity index (χ1) is 13.2. The number of ether oxygens (including phenoxy) is 1. The molecule has 140 valence electrons. The maximum absolute atomic E-state index is 12.5. The van der Waals surface area contributed by atoms with Crippen LogP contribution in [0.25, 0.3) is 0 Å². The fraction of sp³-hybridized carbons (Fsp3) is 0.364. The van der Waals surface area contributed by atoms with Gasteiger partial charge in [0.15, 0.2) is 0 Å². The summed E-state index contributed by atoms with van der Waals surface area (Å²) in [5.41, 5.74) is 2.67. The number of fused-ring (bicyclic) bond motifs is 1. The molecule has 5 heteroatoms. The van der Waals surface area contributed by atoms with Crippen LogP contribution in [0.5, 0.6) is 5.75 Å². The molecule has 27 heavy (non-hydrogen) atoms. The predicted octanol–water partition coefficient (Wildman–Crippen LogP) is 2.34. The zero-order chi connectivity index (χ0) is 18.6. The highest BCUT2D eigenvalue weighted by Crippen LogP contribution is 2.28. The molecule has 1 saturated heterocycles. The Balaban J connectivity index is 1.24. The van der Waals surface area contributed by atoms with Crippen molar-refractivity contribution in [2.45, 2.75) is 37.8 Å². The molecule has 2 amide bonds. The van der Waals surface area contributed by atoms with Crippen molar-refractivity contribution < 1.29 is 14.3 Å². The molecule has 0 saturated carbocycles. The third-order valence-corrected chi connectivity index (χ3v) is 5.33. The molecule has 2 aromatic rings. The van der Waals surface area contributed by atoms with Crippen molar-refractivity contribution in [3.8, 4) is 5.75 Å². The highest BCUT2D eigenvalue weighted by atomic mass is 16.5. The summed E-state index contributed by atoms with van der Waals surface area (Å²) >= 11 is 0. The minimum atomic E-state index is -0.106. The fourth-order valence-corrected chi connectivity index (χ4v) is 4.02. The van der Waals surface area contributed by atoms with Gasteiger partial charge in [0.05, 0.1) is 19.1 Å². The monoisotopic (exact) mass is 364 g/mol. The van der Waals surface area contributed by atoms with Gasteiger partial charge < -0.3 is 15.0 Å². The van der Waals surface area contributed by atoms with E-state index in [1.54, 1.807) is 0 Å².